The fraction of sp³-hybridized carbons (Fsp3) is 0.278. The van der Waals surface area contributed by atoms with E-state index in [0.29, 0.717) is 17.0 Å². The average Bonchev–Trinajstić information content (AvgIpc) is 3.19. The topological polar surface area (TPSA) is 116 Å². The van der Waals surface area contributed by atoms with Gasteiger partial charge in [-0.15, -0.1) is 0 Å². The van der Waals surface area contributed by atoms with Gasteiger partial charge in [-0.1, -0.05) is 35.5 Å². The Morgan fingerprint density at radius 3 is 2.67 bits per heavy atom. The van der Waals surface area contributed by atoms with Crippen molar-refractivity contribution < 1.29 is 14.2 Å². The lowest BCUT2D eigenvalue weighted by atomic mass is 10.1. The van der Waals surface area contributed by atoms with Gasteiger partial charge in [-0.3, -0.25) is 4.79 Å². The van der Waals surface area contributed by atoms with Crippen LogP contribution in [0.4, 0.5) is 5.82 Å². The summed E-state index contributed by atoms with van der Waals surface area (Å²) in [6, 6.07) is 10.7. The van der Waals surface area contributed by atoms with Crippen LogP contribution in [-0.4, -0.2) is 25.8 Å². The van der Waals surface area contributed by atoms with E-state index in [0.717, 1.165) is 5.56 Å². The molecule has 0 bridgehead atoms. The van der Waals surface area contributed by atoms with Crippen molar-refractivity contribution in [2.75, 3.05) is 0 Å². The summed E-state index contributed by atoms with van der Waals surface area (Å²) in [5.41, 5.74) is 2.25. The molecule has 1 unspecified atom stereocenters. The van der Waals surface area contributed by atoms with E-state index < -0.39 is 4.92 Å². The first kappa shape index (κ1) is 18.3. The minimum atomic E-state index is -0.556. The van der Waals surface area contributed by atoms with Crippen molar-refractivity contribution in [1.29, 1.82) is 0 Å². The first-order chi connectivity index (χ1) is 12.9. The molecule has 0 aliphatic carbocycles. The van der Waals surface area contributed by atoms with Crippen LogP contribution in [0.1, 0.15) is 46.0 Å². The number of carbonyl (C=O) groups is 1. The van der Waals surface area contributed by atoms with Crippen LogP contribution in [0.25, 0.3) is 0 Å². The van der Waals surface area contributed by atoms with Gasteiger partial charge in [0.05, 0.1) is 35.0 Å². The third kappa shape index (κ3) is 3.86. The molecule has 1 aromatic carbocycles. The van der Waals surface area contributed by atoms with E-state index in [4.69, 9.17) is 4.52 Å². The average molecular weight is 369 g/mol. The standard InChI is InChI=1S/C18H19N5O4/c1-11-9-16(23(25)26)20-22(11)10-15-13(3)27-21-17(15)18(24)19-12(2)14-7-5-4-6-8-14/h4-9,12H,10H2,1-3H3,(H,19,24). The molecule has 1 atom stereocenters. The summed E-state index contributed by atoms with van der Waals surface area (Å²) in [6.07, 6.45) is 0. The zero-order valence-corrected chi connectivity index (χ0v) is 15.2. The maximum absolute atomic E-state index is 12.7. The smallest absolute Gasteiger partial charge is 0.361 e. The molecular formula is C18H19N5O4. The predicted molar refractivity (Wildman–Crippen MR) is 96.3 cm³/mol. The van der Waals surface area contributed by atoms with E-state index in [1.54, 1.807) is 13.8 Å². The summed E-state index contributed by atoms with van der Waals surface area (Å²) in [5.74, 6) is -0.159. The van der Waals surface area contributed by atoms with Crippen molar-refractivity contribution in [2.24, 2.45) is 0 Å². The molecule has 0 saturated heterocycles. The molecule has 140 valence electrons. The molecule has 0 spiro atoms. The Kier molecular flexibility index (Phi) is 5.02. The highest BCUT2D eigenvalue weighted by Crippen LogP contribution is 2.19. The molecule has 2 heterocycles. The number of hydrogen-bond donors (Lipinski definition) is 1. The van der Waals surface area contributed by atoms with Gasteiger partial charge in [0.1, 0.15) is 5.76 Å². The van der Waals surface area contributed by atoms with Gasteiger partial charge in [0.25, 0.3) is 5.91 Å². The minimum Gasteiger partial charge on any atom is -0.361 e. The molecule has 0 radical (unpaired) electrons. The summed E-state index contributed by atoms with van der Waals surface area (Å²) in [5, 5.41) is 21.6. The summed E-state index contributed by atoms with van der Waals surface area (Å²) in [6.45, 7) is 5.42. The molecule has 3 rings (SSSR count). The number of aryl methyl sites for hydroxylation is 2. The Morgan fingerprint density at radius 2 is 2.04 bits per heavy atom. The van der Waals surface area contributed by atoms with Gasteiger partial charge in [0.2, 0.25) is 0 Å². The van der Waals surface area contributed by atoms with Gasteiger partial charge in [-0.25, -0.2) is 0 Å². The van der Waals surface area contributed by atoms with Gasteiger partial charge in [-0.05, 0) is 31.3 Å². The quantitative estimate of drug-likeness (QED) is 0.527. The number of benzene rings is 1. The number of amides is 1. The lowest BCUT2D eigenvalue weighted by molar-refractivity contribution is -0.389. The highest BCUT2D eigenvalue weighted by Gasteiger charge is 2.24. The molecule has 9 heteroatoms. The Morgan fingerprint density at radius 1 is 1.33 bits per heavy atom. The molecule has 0 saturated carbocycles. The Hall–Kier alpha value is -3.49. The van der Waals surface area contributed by atoms with Gasteiger partial charge < -0.3 is 20.0 Å². The van der Waals surface area contributed by atoms with Crippen LogP contribution in [0.2, 0.25) is 0 Å². The van der Waals surface area contributed by atoms with Crippen LogP contribution in [0.3, 0.4) is 0 Å². The van der Waals surface area contributed by atoms with Crippen molar-refractivity contribution in [3.63, 3.8) is 0 Å². The second-order valence-corrected chi connectivity index (χ2v) is 6.23. The predicted octanol–water partition coefficient (Wildman–Crippen LogP) is 2.94. The first-order valence-electron chi connectivity index (χ1n) is 8.36. The molecule has 27 heavy (non-hydrogen) atoms. The Balaban J connectivity index is 1.82. The van der Waals surface area contributed by atoms with Crippen LogP contribution in [0.15, 0.2) is 40.9 Å². The Bertz CT molecular complexity index is 977. The summed E-state index contributed by atoms with van der Waals surface area (Å²) in [4.78, 5) is 23.0. The van der Waals surface area contributed by atoms with Gasteiger partial charge in [0.15, 0.2) is 5.69 Å². The van der Waals surface area contributed by atoms with Crippen molar-refractivity contribution in [2.45, 2.75) is 33.4 Å². The minimum absolute atomic E-state index is 0.146. The molecule has 0 fully saturated rings. The molecule has 1 amide bonds. The third-order valence-electron chi connectivity index (χ3n) is 4.31. The number of nitrogens with zero attached hydrogens (tertiary/aromatic N) is 4. The molecule has 3 aromatic rings. The van der Waals surface area contributed by atoms with E-state index in [1.165, 1.54) is 10.7 Å². The number of hydrogen-bond acceptors (Lipinski definition) is 6. The lowest BCUT2D eigenvalue weighted by Gasteiger charge is -2.13. The van der Waals surface area contributed by atoms with E-state index in [1.807, 2.05) is 37.3 Å². The van der Waals surface area contributed by atoms with Gasteiger partial charge in [0, 0.05) is 0 Å². The summed E-state index contributed by atoms with van der Waals surface area (Å²) >= 11 is 0. The van der Waals surface area contributed by atoms with Gasteiger partial charge in [-0.2, -0.15) is 4.68 Å². The number of aromatic nitrogens is 3. The number of carbonyl (C=O) groups excluding carboxylic acids is 1. The van der Waals surface area contributed by atoms with Crippen LogP contribution in [0, 0.1) is 24.0 Å². The Labute approximate surface area is 155 Å². The van der Waals surface area contributed by atoms with E-state index in [2.05, 4.69) is 15.6 Å². The molecule has 2 aromatic heterocycles. The van der Waals surface area contributed by atoms with Crippen LogP contribution in [0.5, 0.6) is 0 Å². The van der Waals surface area contributed by atoms with Crippen molar-refractivity contribution in [3.05, 3.63) is 74.8 Å². The molecule has 9 nitrogen and oxygen atoms in total. The molecule has 0 aliphatic heterocycles. The SMILES string of the molecule is Cc1onc(C(=O)NC(C)c2ccccc2)c1Cn1nc([N+](=O)[O-])cc1C. The molecule has 0 aliphatic rings. The second kappa shape index (κ2) is 7.40. The van der Waals surface area contributed by atoms with E-state index in [9.17, 15) is 14.9 Å². The fourth-order valence-electron chi connectivity index (χ4n) is 2.74. The molecule has 1 N–H and O–H groups in total. The summed E-state index contributed by atoms with van der Waals surface area (Å²) < 4.78 is 6.64. The van der Waals surface area contributed by atoms with Crippen LogP contribution in [-0.2, 0) is 6.54 Å². The van der Waals surface area contributed by atoms with Crippen molar-refractivity contribution in [3.8, 4) is 0 Å². The highest BCUT2D eigenvalue weighted by molar-refractivity contribution is 5.94. The first-order valence-corrected chi connectivity index (χ1v) is 8.36. The maximum atomic E-state index is 12.7. The zero-order chi connectivity index (χ0) is 19.6. The van der Waals surface area contributed by atoms with Crippen molar-refractivity contribution in [1.82, 2.24) is 20.3 Å². The van der Waals surface area contributed by atoms with E-state index >= 15 is 0 Å². The number of rotatable bonds is 6. The van der Waals surface area contributed by atoms with Crippen molar-refractivity contribution >= 4 is 11.7 Å². The number of nitro groups is 1. The zero-order valence-electron chi connectivity index (χ0n) is 15.2. The summed E-state index contributed by atoms with van der Waals surface area (Å²) in [7, 11) is 0. The van der Waals surface area contributed by atoms with Crippen LogP contribution >= 0.6 is 0 Å². The number of nitrogens with one attached hydrogen (secondary N) is 1. The fourth-order valence-corrected chi connectivity index (χ4v) is 2.74. The highest BCUT2D eigenvalue weighted by atomic mass is 16.6. The van der Waals surface area contributed by atoms with E-state index in [-0.39, 0.29) is 30.0 Å². The maximum Gasteiger partial charge on any atom is 0.390 e. The van der Waals surface area contributed by atoms with Crippen LogP contribution < -0.4 is 5.32 Å². The second-order valence-electron chi connectivity index (χ2n) is 6.23. The third-order valence-corrected chi connectivity index (χ3v) is 4.31. The van der Waals surface area contributed by atoms with Gasteiger partial charge >= 0.3 is 5.82 Å². The largest absolute Gasteiger partial charge is 0.390 e. The lowest BCUT2D eigenvalue weighted by Crippen LogP contribution is -2.28. The molecular weight excluding hydrogens is 350 g/mol. The normalized spacial score (nSPS) is 12.0. The monoisotopic (exact) mass is 369 g/mol.